The second-order valence-electron chi connectivity index (χ2n) is 5.26. The van der Waals surface area contributed by atoms with Crippen LogP contribution in [0.5, 0.6) is 0 Å². The van der Waals surface area contributed by atoms with Crippen LogP contribution >= 0.6 is 0 Å². The number of aliphatic hydroxyl groups is 5. The van der Waals surface area contributed by atoms with Crippen LogP contribution in [-0.2, 0) is 20.9 Å². The summed E-state index contributed by atoms with van der Waals surface area (Å²) in [6, 6.07) is 9.51. The lowest BCUT2D eigenvalue weighted by Crippen LogP contribution is -2.47. The number of carbonyl (C=O) groups is 1. The van der Waals surface area contributed by atoms with Crippen molar-refractivity contribution in [3.63, 3.8) is 0 Å². The summed E-state index contributed by atoms with van der Waals surface area (Å²) < 4.78 is 9.63. The molecule has 0 fully saturated rings. The van der Waals surface area contributed by atoms with E-state index in [2.05, 4.69) is 6.58 Å². The van der Waals surface area contributed by atoms with E-state index in [0.29, 0.717) is 13.2 Å². The van der Waals surface area contributed by atoms with E-state index in [1.807, 2.05) is 30.3 Å². The summed E-state index contributed by atoms with van der Waals surface area (Å²) in [5, 5.41) is 45.1. The van der Waals surface area contributed by atoms with Crippen LogP contribution in [0.15, 0.2) is 43.0 Å². The molecule has 0 saturated carbocycles. The van der Waals surface area contributed by atoms with Crippen LogP contribution in [0.3, 0.4) is 0 Å². The maximum Gasteiger partial charge on any atom is 0.330 e. The largest absolute Gasteiger partial charge is 0.458 e. The molecular weight excluding hydrogens is 344 g/mol. The van der Waals surface area contributed by atoms with Gasteiger partial charge in [-0.1, -0.05) is 36.9 Å². The van der Waals surface area contributed by atoms with E-state index >= 15 is 0 Å². The highest BCUT2D eigenvalue weighted by atomic mass is 16.5. The summed E-state index contributed by atoms with van der Waals surface area (Å²) >= 11 is 0. The number of ether oxygens (including phenoxy) is 2. The van der Waals surface area contributed by atoms with Gasteiger partial charge in [0.2, 0.25) is 0 Å². The van der Waals surface area contributed by atoms with Gasteiger partial charge in [-0.05, 0) is 12.5 Å². The first-order valence-electron chi connectivity index (χ1n) is 8.11. The highest BCUT2D eigenvalue weighted by Gasteiger charge is 2.29. The van der Waals surface area contributed by atoms with E-state index in [1.165, 1.54) is 0 Å². The maximum atomic E-state index is 10.6. The van der Waals surface area contributed by atoms with Gasteiger partial charge in [-0.15, -0.1) is 0 Å². The average Bonchev–Trinajstić information content (AvgIpc) is 2.69. The van der Waals surface area contributed by atoms with Crippen LogP contribution in [0.1, 0.15) is 12.5 Å². The fourth-order valence-corrected chi connectivity index (χ4v) is 1.69. The van der Waals surface area contributed by atoms with Gasteiger partial charge >= 0.3 is 5.97 Å². The van der Waals surface area contributed by atoms with Crippen molar-refractivity contribution in [1.82, 2.24) is 0 Å². The summed E-state index contributed by atoms with van der Waals surface area (Å²) in [5.41, 5.74) is 0.979. The molecule has 8 nitrogen and oxygen atoms in total. The Hall–Kier alpha value is -1.81. The van der Waals surface area contributed by atoms with Crippen molar-refractivity contribution in [3.8, 4) is 0 Å². The number of hydrogen-bond acceptors (Lipinski definition) is 8. The van der Waals surface area contributed by atoms with Crippen LogP contribution in [-0.4, -0.2) is 75.7 Å². The fourth-order valence-electron chi connectivity index (χ4n) is 1.69. The molecule has 148 valence electrons. The molecule has 0 bridgehead atoms. The Bertz CT molecular complexity index is 493. The summed E-state index contributed by atoms with van der Waals surface area (Å²) in [4.78, 5) is 10.6. The van der Waals surface area contributed by atoms with Gasteiger partial charge in [0, 0.05) is 12.7 Å². The average molecular weight is 372 g/mol. The molecule has 0 saturated heterocycles. The van der Waals surface area contributed by atoms with Crippen LogP contribution in [0, 0.1) is 0 Å². The van der Waals surface area contributed by atoms with Gasteiger partial charge in [-0.2, -0.15) is 0 Å². The molecule has 4 unspecified atom stereocenters. The molecule has 1 rings (SSSR count). The Morgan fingerprint density at radius 1 is 1.12 bits per heavy atom. The van der Waals surface area contributed by atoms with E-state index in [4.69, 9.17) is 19.7 Å². The molecule has 0 aromatic heterocycles. The van der Waals surface area contributed by atoms with Gasteiger partial charge < -0.3 is 35.0 Å². The topological polar surface area (TPSA) is 137 Å². The Kier molecular flexibility index (Phi) is 13.4. The molecule has 0 aliphatic rings. The van der Waals surface area contributed by atoms with Gasteiger partial charge in [0.1, 0.15) is 31.0 Å². The van der Waals surface area contributed by atoms with Crippen molar-refractivity contribution >= 4 is 5.97 Å². The minimum Gasteiger partial charge on any atom is -0.458 e. The second-order valence-corrected chi connectivity index (χ2v) is 5.26. The molecule has 8 heteroatoms. The Morgan fingerprint density at radius 3 is 2.19 bits per heavy atom. The number of hydrogen-bond donors (Lipinski definition) is 5. The number of esters is 1. The normalized spacial score (nSPS) is 15.0. The lowest BCUT2D eigenvalue weighted by atomic mass is 10.0. The van der Waals surface area contributed by atoms with Crippen LogP contribution in [0.2, 0.25) is 0 Å². The third-order valence-corrected chi connectivity index (χ3v) is 3.21. The molecule has 0 radical (unpaired) electrons. The van der Waals surface area contributed by atoms with Crippen molar-refractivity contribution < 1.29 is 39.8 Å². The predicted molar refractivity (Wildman–Crippen MR) is 94.0 cm³/mol. The fraction of sp³-hybridized carbons (Fsp3) is 0.500. The number of carbonyl (C=O) groups excluding carboxylic acids is 1. The van der Waals surface area contributed by atoms with Gasteiger partial charge in [-0.25, -0.2) is 4.79 Å². The SMILES string of the molecule is C=CC(=O)OCc1ccccc1.CCOCC(O)C(O)C(O)C(O)CO. The summed E-state index contributed by atoms with van der Waals surface area (Å²) in [6.07, 6.45) is -4.73. The molecule has 4 atom stereocenters. The van der Waals surface area contributed by atoms with Gasteiger partial charge in [0.15, 0.2) is 0 Å². The zero-order valence-electron chi connectivity index (χ0n) is 14.8. The molecule has 0 aliphatic heterocycles. The molecule has 1 aromatic rings. The van der Waals surface area contributed by atoms with Gasteiger partial charge in [0.05, 0.1) is 13.2 Å². The zero-order chi connectivity index (χ0) is 19.9. The van der Waals surface area contributed by atoms with E-state index in [-0.39, 0.29) is 12.6 Å². The second kappa shape index (κ2) is 14.4. The maximum absolute atomic E-state index is 10.6. The Labute approximate surface area is 152 Å². The molecule has 5 N–H and O–H groups in total. The van der Waals surface area contributed by atoms with Crippen molar-refractivity contribution in [2.45, 2.75) is 37.9 Å². The van der Waals surface area contributed by atoms with Gasteiger partial charge in [-0.3, -0.25) is 0 Å². The van der Waals surface area contributed by atoms with Crippen LogP contribution < -0.4 is 0 Å². The number of benzene rings is 1. The number of rotatable bonds is 10. The Morgan fingerprint density at radius 2 is 1.69 bits per heavy atom. The predicted octanol–water partition coefficient (Wildman–Crippen LogP) is -0.625. The van der Waals surface area contributed by atoms with Crippen molar-refractivity contribution in [2.24, 2.45) is 0 Å². The molecule has 0 spiro atoms. The molecule has 0 amide bonds. The summed E-state index contributed by atoms with van der Waals surface area (Å²) in [7, 11) is 0. The van der Waals surface area contributed by atoms with Crippen molar-refractivity contribution in [3.05, 3.63) is 48.6 Å². The highest BCUT2D eigenvalue weighted by Crippen LogP contribution is 2.05. The molecule has 1 aromatic carbocycles. The summed E-state index contributed by atoms with van der Waals surface area (Å²) in [6.45, 7) is 4.89. The van der Waals surface area contributed by atoms with Crippen LogP contribution in [0.4, 0.5) is 0 Å². The Balaban J connectivity index is 0.000000485. The van der Waals surface area contributed by atoms with Crippen molar-refractivity contribution in [2.75, 3.05) is 19.8 Å². The lowest BCUT2D eigenvalue weighted by Gasteiger charge is -2.25. The third kappa shape index (κ3) is 10.2. The van der Waals surface area contributed by atoms with E-state index in [9.17, 15) is 20.1 Å². The van der Waals surface area contributed by atoms with E-state index < -0.39 is 31.0 Å². The monoisotopic (exact) mass is 372 g/mol. The standard InChI is InChI=1S/C10H10O2.C8H18O6/c1-2-10(11)12-8-9-6-4-3-5-7-9;1-2-14-4-6(11)8(13)7(12)5(10)3-9/h2-7H,1,8H2;5-13H,2-4H2,1H3. The summed E-state index contributed by atoms with van der Waals surface area (Å²) in [5.74, 6) is -0.390. The first kappa shape index (κ1) is 24.2. The highest BCUT2D eigenvalue weighted by molar-refractivity contribution is 5.81. The minimum atomic E-state index is -1.59. The lowest BCUT2D eigenvalue weighted by molar-refractivity contribution is -0.138. The zero-order valence-corrected chi connectivity index (χ0v) is 14.8. The smallest absolute Gasteiger partial charge is 0.330 e. The quantitative estimate of drug-likeness (QED) is 0.271. The van der Waals surface area contributed by atoms with E-state index in [0.717, 1.165) is 11.6 Å². The molecular formula is C18H28O8. The first-order chi connectivity index (χ1) is 12.4. The molecule has 0 aliphatic carbocycles. The van der Waals surface area contributed by atoms with Gasteiger partial charge in [0.25, 0.3) is 0 Å². The minimum absolute atomic E-state index is 0.132. The van der Waals surface area contributed by atoms with Crippen molar-refractivity contribution in [1.29, 1.82) is 0 Å². The first-order valence-corrected chi connectivity index (χ1v) is 8.11. The van der Waals surface area contributed by atoms with E-state index in [1.54, 1.807) is 6.92 Å². The molecule has 0 heterocycles. The number of aliphatic hydroxyl groups excluding tert-OH is 5. The third-order valence-electron chi connectivity index (χ3n) is 3.21. The molecule has 26 heavy (non-hydrogen) atoms. The van der Waals surface area contributed by atoms with Crippen LogP contribution in [0.25, 0.3) is 0 Å².